The molecule has 0 aliphatic rings. The van der Waals surface area contributed by atoms with Gasteiger partial charge in [-0.1, -0.05) is 140 Å². The van der Waals surface area contributed by atoms with Crippen molar-refractivity contribution >= 4 is 98.0 Å². The predicted molar refractivity (Wildman–Crippen MR) is 258 cm³/mol. The minimum atomic E-state index is 0.533. The summed E-state index contributed by atoms with van der Waals surface area (Å²) in [7, 11) is 0. The van der Waals surface area contributed by atoms with Gasteiger partial charge in [0.15, 0.2) is 17.5 Å². The molecule has 0 saturated heterocycles. The zero-order chi connectivity index (χ0) is 41.2. The Balaban J connectivity index is 0.960. The maximum Gasteiger partial charge on any atom is 0.167 e. The SMILES string of the molecule is c1ccc(-c2nc(-c3ccc4c(c3)oc3ccccc34)nc(-c3cccc4c3oc3ccc5cc(-n6c7cc8ccccc8cc7c7ccc8ccccc8c76)ccc5c34)n2)cc1. The van der Waals surface area contributed by atoms with Crippen LogP contribution in [0.15, 0.2) is 203 Å². The normalized spacial score (nSPS) is 12.1. The first-order valence-corrected chi connectivity index (χ1v) is 21.2. The second kappa shape index (κ2) is 12.9. The number of fused-ring (bicyclic) bond motifs is 14. The standard InChI is InChI=1S/C57H32N4O2/c1-2-12-34(13-3-1)55-58-56(38-22-25-43-42-17-8-9-20-49(42)62-51(43)32-38)60-57(59-55)46-19-10-18-45-52-40-27-24-39(29-37(40)23-28-50(52)63-54(45)46)61-48-31-36-15-5-4-14-35(36)30-47(48)44-26-21-33-11-6-7-16-41(33)53(44)61/h1-32H. The number of hydrogen-bond acceptors (Lipinski definition) is 5. The lowest BCUT2D eigenvalue weighted by Gasteiger charge is -2.12. The number of benzene rings is 10. The zero-order valence-corrected chi connectivity index (χ0v) is 33.6. The fourth-order valence-corrected chi connectivity index (χ4v) is 9.87. The first kappa shape index (κ1) is 34.1. The average Bonchev–Trinajstić information content (AvgIpc) is 4.02. The molecule has 63 heavy (non-hydrogen) atoms. The van der Waals surface area contributed by atoms with Crippen LogP contribution in [0.1, 0.15) is 0 Å². The van der Waals surface area contributed by atoms with Crippen LogP contribution in [0.25, 0.3) is 138 Å². The summed E-state index contributed by atoms with van der Waals surface area (Å²) < 4.78 is 15.5. The van der Waals surface area contributed by atoms with Gasteiger partial charge in [0, 0.05) is 54.5 Å². The Kier molecular flexibility index (Phi) is 7.02. The van der Waals surface area contributed by atoms with Crippen molar-refractivity contribution in [2.75, 3.05) is 0 Å². The van der Waals surface area contributed by atoms with E-state index in [9.17, 15) is 0 Å². The number of aromatic nitrogens is 4. The molecule has 4 aromatic heterocycles. The van der Waals surface area contributed by atoms with Gasteiger partial charge in [-0.2, -0.15) is 0 Å². The van der Waals surface area contributed by atoms with Crippen molar-refractivity contribution < 1.29 is 8.83 Å². The molecule has 0 N–H and O–H groups in total. The molecule has 0 aliphatic heterocycles. The molecule has 0 aliphatic carbocycles. The van der Waals surface area contributed by atoms with E-state index in [2.05, 4.69) is 138 Å². The topological polar surface area (TPSA) is 69.9 Å². The molecule has 4 heterocycles. The quantitative estimate of drug-likeness (QED) is 0.177. The summed E-state index contributed by atoms with van der Waals surface area (Å²) >= 11 is 0. The smallest absolute Gasteiger partial charge is 0.167 e. The second-order valence-corrected chi connectivity index (χ2v) is 16.3. The summed E-state index contributed by atoms with van der Waals surface area (Å²) in [6.07, 6.45) is 0. The number of furan rings is 2. The molecule has 0 spiro atoms. The van der Waals surface area contributed by atoms with Crippen LogP contribution >= 0.6 is 0 Å². The lowest BCUT2D eigenvalue weighted by molar-refractivity contribution is 0.668. The average molecular weight is 805 g/mol. The Morgan fingerprint density at radius 3 is 1.92 bits per heavy atom. The lowest BCUT2D eigenvalue weighted by Crippen LogP contribution is -2.00. The van der Waals surface area contributed by atoms with Crippen LogP contribution < -0.4 is 0 Å². The second-order valence-electron chi connectivity index (χ2n) is 16.3. The van der Waals surface area contributed by atoms with E-state index in [0.717, 1.165) is 77.0 Å². The Bertz CT molecular complexity index is 4220. The van der Waals surface area contributed by atoms with Gasteiger partial charge in [0.25, 0.3) is 0 Å². The maximum absolute atomic E-state index is 6.81. The van der Waals surface area contributed by atoms with Gasteiger partial charge in [0.05, 0.1) is 16.6 Å². The summed E-state index contributed by atoms with van der Waals surface area (Å²) in [5.74, 6) is 1.67. The Hall–Kier alpha value is -8.61. The van der Waals surface area contributed by atoms with Gasteiger partial charge in [-0.3, -0.25) is 0 Å². The molecular formula is C57H32N4O2. The summed E-state index contributed by atoms with van der Waals surface area (Å²) in [4.78, 5) is 15.3. The molecule has 14 aromatic rings. The van der Waals surface area contributed by atoms with E-state index in [4.69, 9.17) is 23.8 Å². The van der Waals surface area contributed by atoms with Crippen LogP contribution in [0.5, 0.6) is 0 Å². The van der Waals surface area contributed by atoms with Crippen molar-refractivity contribution in [3.63, 3.8) is 0 Å². The maximum atomic E-state index is 6.81. The molecule has 0 amide bonds. The lowest BCUT2D eigenvalue weighted by atomic mass is 10.0. The van der Waals surface area contributed by atoms with Crippen LogP contribution in [-0.2, 0) is 0 Å². The van der Waals surface area contributed by atoms with Crippen LogP contribution in [0.4, 0.5) is 0 Å². The number of nitrogens with zero attached hydrogens (tertiary/aromatic N) is 4. The van der Waals surface area contributed by atoms with Gasteiger partial charge in [-0.15, -0.1) is 0 Å². The van der Waals surface area contributed by atoms with Gasteiger partial charge in [-0.25, -0.2) is 15.0 Å². The summed E-state index contributed by atoms with van der Waals surface area (Å²) in [6.45, 7) is 0. The summed E-state index contributed by atoms with van der Waals surface area (Å²) in [5, 5.41) is 13.8. The number of rotatable bonds is 4. The molecule has 292 valence electrons. The molecule has 10 aromatic carbocycles. The minimum Gasteiger partial charge on any atom is -0.456 e. The molecular weight excluding hydrogens is 773 g/mol. The van der Waals surface area contributed by atoms with E-state index in [-0.39, 0.29) is 0 Å². The van der Waals surface area contributed by atoms with Crippen LogP contribution in [0, 0.1) is 0 Å². The van der Waals surface area contributed by atoms with E-state index in [1.165, 1.54) is 43.4 Å². The highest BCUT2D eigenvalue weighted by atomic mass is 16.3. The largest absolute Gasteiger partial charge is 0.456 e. The number of para-hydroxylation sites is 2. The zero-order valence-electron chi connectivity index (χ0n) is 33.6. The van der Waals surface area contributed by atoms with Crippen LogP contribution in [-0.4, -0.2) is 19.5 Å². The highest BCUT2D eigenvalue weighted by molar-refractivity contribution is 6.23. The van der Waals surface area contributed by atoms with Crippen LogP contribution in [0.3, 0.4) is 0 Å². The van der Waals surface area contributed by atoms with E-state index in [0.29, 0.717) is 17.5 Å². The van der Waals surface area contributed by atoms with Crippen molar-refractivity contribution in [2.24, 2.45) is 0 Å². The molecule has 0 atom stereocenters. The van der Waals surface area contributed by atoms with E-state index in [1.54, 1.807) is 0 Å². The minimum absolute atomic E-state index is 0.533. The highest BCUT2D eigenvalue weighted by Crippen LogP contribution is 2.42. The summed E-state index contributed by atoms with van der Waals surface area (Å²) in [6, 6.07) is 68.2. The third kappa shape index (κ3) is 5.09. The van der Waals surface area contributed by atoms with Gasteiger partial charge in [0.2, 0.25) is 0 Å². The summed E-state index contributed by atoms with van der Waals surface area (Å²) in [5.41, 5.74) is 9.20. The molecule has 0 radical (unpaired) electrons. The Morgan fingerprint density at radius 2 is 1.03 bits per heavy atom. The first-order chi connectivity index (χ1) is 31.2. The predicted octanol–water partition coefficient (Wildman–Crippen LogP) is 15.2. The van der Waals surface area contributed by atoms with Crippen molar-refractivity contribution in [1.82, 2.24) is 19.5 Å². The van der Waals surface area contributed by atoms with Crippen molar-refractivity contribution in [2.45, 2.75) is 0 Å². The van der Waals surface area contributed by atoms with E-state index < -0.39 is 0 Å². The van der Waals surface area contributed by atoms with Gasteiger partial charge in [-0.05, 0) is 81.5 Å². The van der Waals surface area contributed by atoms with Gasteiger partial charge < -0.3 is 13.4 Å². The Labute approximate surface area is 358 Å². The van der Waals surface area contributed by atoms with Gasteiger partial charge in [0.1, 0.15) is 22.3 Å². The molecule has 0 fully saturated rings. The first-order valence-electron chi connectivity index (χ1n) is 21.2. The van der Waals surface area contributed by atoms with Crippen molar-refractivity contribution in [3.05, 3.63) is 194 Å². The van der Waals surface area contributed by atoms with Crippen molar-refractivity contribution in [3.8, 4) is 39.9 Å². The molecule has 0 bridgehead atoms. The highest BCUT2D eigenvalue weighted by Gasteiger charge is 2.21. The Morgan fingerprint density at radius 1 is 0.349 bits per heavy atom. The van der Waals surface area contributed by atoms with E-state index >= 15 is 0 Å². The van der Waals surface area contributed by atoms with E-state index in [1.807, 2.05) is 60.7 Å². The monoisotopic (exact) mass is 804 g/mol. The molecule has 0 unspecified atom stereocenters. The molecule has 14 rings (SSSR count). The third-order valence-electron chi connectivity index (χ3n) is 12.8. The fourth-order valence-electron chi connectivity index (χ4n) is 9.87. The molecule has 6 heteroatoms. The van der Waals surface area contributed by atoms with Crippen LogP contribution in [0.2, 0.25) is 0 Å². The molecule has 0 saturated carbocycles. The van der Waals surface area contributed by atoms with Gasteiger partial charge >= 0.3 is 0 Å². The van der Waals surface area contributed by atoms with Crippen molar-refractivity contribution in [1.29, 1.82) is 0 Å². The third-order valence-corrected chi connectivity index (χ3v) is 12.8. The number of hydrogen-bond donors (Lipinski definition) is 0. The molecule has 6 nitrogen and oxygen atoms in total. The fraction of sp³-hybridized carbons (Fsp3) is 0.